The van der Waals surface area contributed by atoms with E-state index in [1.165, 1.54) is 13.2 Å². The topological polar surface area (TPSA) is 136 Å². The molecule has 0 saturated carbocycles. The molecule has 0 aliphatic heterocycles. The molecule has 6 N–H and O–H groups in total. The van der Waals surface area contributed by atoms with Gasteiger partial charge < -0.3 is 31.0 Å². The molecule has 5 rings (SSSR count). The van der Waals surface area contributed by atoms with E-state index in [0.29, 0.717) is 17.1 Å². The second-order valence-electron chi connectivity index (χ2n) is 7.44. The number of aromatic carboxylic acids is 1. The molecule has 36 heavy (non-hydrogen) atoms. The van der Waals surface area contributed by atoms with E-state index >= 15 is 0 Å². The number of nitrogens with two attached hydrogens (primary N) is 2. The molecular formula is C28H28N4O4. The van der Waals surface area contributed by atoms with Crippen molar-refractivity contribution in [3.8, 4) is 22.9 Å². The van der Waals surface area contributed by atoms with E-state index < -0.39 is 5.97 Å². The van der Waals surface area contributed by atoms with Crippen molar-refractivity contribution in [3.05, 3.63) is 103 Å². The zero-order valence-corrected chi connectivity index (χ0v) is 20.0. The van der Waals surface area contributed by atoms with Gasteiger partial charge in [-0.15, -0.1) is 0 Å². The molecule has 8 nitrogen and oxygen atoms in total. The van der Waals surface area contributed by atoms with E-state index in [2.05, 4.69) is 9.97 Å². The second-order valence-corrected chi connectivity index (χ2v) is 7.44. The molecule has 0 unspecified atom stereocenters. The first-order valence-electron chi connectivity index (χ1n) is 11.0. The summed E-state index contributed by atoms with van der Waals surface area (Å²) in [5.41, 5.74) is 15.3. The Bertz CT molecular complexity index is 1380. The molecule has 4 aromatic carbocycles. The molecule has 0 aliphatic carbocycles. The molecule has 1 aromatic heterocycles. The number of para-hydroxylation sites is 6. The number of carbonyl (C=O) groups is 1. The minimum atomic E-state index is -0.970. The number of methoxy groups -OCH3 is 2. The van der Waals surface area contributed by atoms with Crippen LogP contribution in [0, 0.1) is 0 Å². The molecule has 0 saturated heterocycles. The van der Waals surface area contributed by atoms with Gasteiger partial charge in [0.25, 0.3) is 0 Å². The molecule has 0 amide bonds. The van der Waals surface area contributed by atoms with Crippen LogP contribution >= 0.6 is 0 Å². The SMILES string of the molecule is COc1ccccc1-c1nc2ccccc2[nH]1.COc1ccccc1C(=O)O.Nc1ccccc1N. The highest BCUT2D eigenvalue weighted by Gasteiger charge is 2.09. The maximum atomic E-state index is 10.5. The lowest BCUT2D eigenvalue weighted by molar-refractivity contribution is 0.0693. The molecule has 5 aromatic rings. The first-order valence-corrected chi connectivity index (χ1v) is 11.0. The van der Waals surface area contributed by atoms with Gasteiger partial charge in [-0.25, -0.2) is 9.78 Å². The summed E-state index contributed by atoms with van der Waals surface area (Å²) in [6.45, 7) is 0. The maximum Gasteiger partial charge on any atom is 0.339 e. The number of aromatic amines is 1. The highest BCUT2D eigenvalue weighted by molar-refractivity contribution is 5.90. The van der Waals surface area contributed by atoms with E-state index in [-0.39, 0.29) is 5.56 Å². The Morgan fingerprint density at radius 1 is 0.750 bits per heavy atom. The van der Waals surface area contributed by atoms with Crippen LogP contribution in [0.5, 0.6) is 11.5 Å². The fraction of sp³-hybridized carbons (Fsp3) is 0.0714. The van der Waals surface area contributed by atoms with Crippen LogP contribution in [-0.2, 0) is 0 Å². The smallest absolute Gasteiger partial charge is 0.339 e. The van der Waals surface area contributed by atoms with E-state index in [9.17, 15) is 4.79 Å². The Labute approximate surface area is 209 Å². The number of anilines is 2. The number of aromatic nitrogens is 2. The van der Waals surface area contributed by atoms with Crippen LogP contribution in [0.3, 0.4) is 0 Å². The molecule has 0 radical (unpaired) electrons. The van der Waals surface area contributed by atoms with Gasteiger partial charge in [0.05, 0.1) is 42.2 Å². The number of ether oxygens (including phenoxy) is 2. The Morgan fingerprint density at radius 2 is 1.28 bits per heavy atom. The average molecular weight is 485 g/mol. The summed E-state index contributed by atoms with van der Waals surface area (Å²) in [5, 5.41) is 8.62. The zero-order chi connectivity index (χ0) is 25.9. The van der Waals surface area contributed by atoms with Crippen molar-refractivity contribution < 1.29 is 19.4 Å². The van der Waals surface area contributed by atoms with Gasteiger partial charge in [0.2, 0.25) is 0 Å². The lowest BCUT2D eigenvalue weighted by Gasteiger charge is -2.04. The highest BCUT2D eigenvalue weighted by Crippen LogP contribution is 2.28. The average Bonchev–Trinajstić information content (AvgIpc) is 3.35. The standard InChI is InChI=1S/C14H12N2O.C8H8O3.C6H8N2/c1-17-13-9-5-2-6-10(13)14-15-11-7-3-4-8-12(11)16-14;1-11-7-5-3-2-4-6(7)8(9)10;7-5-3-1-2-4-6(5)8/h2-9H,1H3,(H,15,16);2-5H,1H3,(H,9,10);1-4H,7-8H2. The van der Waals surface area contributed by atoms with Crippen LogP contribution < -0.4 is 20.9 Å². The van der Waals surface area contributed by atoms with Gasteiger partial charge in [-0.2, -0.15) is 0 Å². The van der Waals surface area contributed by atoms with Crippen molar-refractivity contribution in [2.75, 3.05) is 25.7 Å². The predicted molar refractivity (Wildman–Crippen MR) is 143 cm³/mol. The number of hydrogen-bond donors (Lipinski definition) is 4. The van der Waals surface area contributed by atoms with Gasteiger partial charge in [0.15, 0.2) is 0 Å². The van der Waals surface area contributed by atoms with Gasteiger partial charge in [-0.1, -0.05) is 48.5 Å². The van der Waals surface area contributed by atoms with Crippen LogP contribution in [0.1, 0.15) is 10.4 Å². The summed E-state index contributed by atoms with van der Waals surface area (Å²) < 4.78 is 10.2. The first kappa shape index (κ1) is 25.6. The summed E-state index contributed by atoms with van der Waals surface area (Å²) in [6.07, 6.45) is 0. The number of fused-ring (bicyclic) bond motifs is 1. The minimum Gasteiger partial charge on any atom is -0.496 e. The van der Waals surface area contributed by atoms with Gasteiger partial charge in [-0.3, -0.25) is 0 Å². The Morgan fingerprint density at radius 3 is 1.83 bits per heavy atom. The van der Waals surface area contributed by atoms with E-state index in [0.717, 1.165) is 28.2 Å². The van der Waals surface area contributed by atoms with Crippen molar-refractivity contribution in [1.82, 2.24) is 9.97 Å². The molecule has 184 valence electrons. The van der Waals surface area contributed by atoms with Gasteiger partial charge in [-0.05, 0) is 48.5 Å². The lowest BCUT2D eigenvalue weighted by Crippen LogP contribution is -1.99. The molecular weight excluding hydrogens is 456 g/mol. The van der Waals surface area contributed by atoms with Crippen LogP contribution in [0.2, 0.25) is 0 Å². The lowest BCUT2D eigenvalue weighted by atomic mass is 10.2. The summed E-state index contributed by atoms with van der Waals surface area (Å²) in [5.74, 6) is 1.08. The number of nitrogens with zero attached hydrogens (tertiary/aromatic N) is 1. The number of nitrogens with one attached hydrogen (secondary N) is 1. The number of H-pyrrole nitrogens is 1. The quantitative estimate of drug-likeness (QED) is 0.248. The Kier molecular flexibility index (Phi) is 8.88. The number of carboxylic acids is 1. The maximum absolute atomic E-state index is 10.5. The largest absolute Gasteiger partial charge is 0.496 e. The summed E-state index contributed by atoms with van der Waals surface area (Å²) in [6, 6.07) is 29.6. The predicted octanol–water partition coefficient (Wildman–Crippen LogP) is 5.48. The fourth-order valence-electron chi connectivity index (χ4n) is 3.25. The Hall–Kier alpha value is -4.98. The number of carboxylic acid groups (broad SMARTS) is 1. The zero-order valence-electron chi connectivity index (χ0n) is 20.0. The second kappa shape index (κ2) is 12.5. The van der Waals surface area contributed by atoms with Crippen LogP contribution in [-0.4, -0.2) is 35.3 Å². The number of rotatable bonds is 4. The molecule has 1 heterocycles. The van der Waals surface area contributed by atoms with Crippen LogP contribution in [0.15, 0.2) is 97.1 Å². The van der Waals surface area contributed by atoms with Gasteiger partial charge in [0, 0.05) is 0 Å². The Balaban J connectivity index is 0.000000164. The summed E-state index contributed by atoms with van der Waals surface area (Å²) in [4.78, 5) is 18.4. The summed E-state index contributed by atoms with van der Waals surface area (Å²) in [7, 11) is 3.11. The number of hydrogen-bond acceptors (Lipinski definition) is 6. The van der Waals surface area contributed by atoms with E-state index in [4.69, 9.17) is 26.0 Å². The molecule has 0 fully saturated rings. The monoisotopic (exact) mass is 484 g/mol. The first-order chi connectivity index (χ1) is 17.4. The molecule has 0 spiro atoms. The van der Waals surface area contributed by atoms with Crippen molar-refractivity contribution in [3.63, 3.8) is 0 Å². The molecule has 8 heteroatoms. The number of imidazole rings is 1. The highest BCUT2D eigenvalue weighted by atomic mass is 16.5. The summed E-state index contributed by atoms with van der Waals surface area (Å²) >= 11 is 0. The minimum absolute atomic E-state index is 0.190. The fourth-order valence-corrected chi connectivity index (χ4v) is 3.25. The van der Waals surface area contributed by atoms with E-state index in [1.807, 2.05) is 60.7 Å². The van der Waals surface area contributed by atoms with Crippen LogP contribution in [0.4, 0.5) is 11.4 Å². The van der Waals surface area contributed by atoms with E-state index in [1.54, 1.807) is 37.4 Å². The van der Waals surface area contributed by atoms with Crippen molar-refractivity contribution in [1.29, 1.82) is 0 Å². The van der Waals surface area contributed by atoms with Crippen LogP contribution in [0.25, 0.3) is 22.4 Å². The third-order valence-corrected chi connectivity index (χ3v) is 5.08. The van der Waals surface area contributed by atoms with Crippen molar-refractivity contribution in [2.45, 2.75) is 0 Å². The number of nitrogen functional groups attached to an aromatic ring is 2. The molecule has 0 atom stereocenters. The third kappa shape index (κ3) is 6.54. The van der Waals surface area contributed by atoms with Gasteiger partial charge in [0.1, 0.15) is 22.9 Å². The van der Waals surface area contributed by atoms with Gasteiger partial charge >= 0.3 is 5.97 Å². The molecule has 0 aliphatic rings. The normalized spacial score (nSPS) is 9.83. The third-order valence-electron chi connectivity index (χ3n) is 5.08. The molecule has 0 bridgehead atoms. The van der Waals surface area contributed by atoms with Crippen molar-refractivity contribution >= 4 is 28.4 Å². The number of benzene rings is 4. The van der Waals surface area contributed by atoms with Crippen molar-refractivity contribution in [2.24, 2.45) is 0 Å².